The summed E-state index contributed by atoms with van der Waals surface area (Å²) in [7, 11) is 0. The Bertz CT molecular complexity index is 654. The van der Waals surface area contributed by atoms with Crippen molar-refractivity contribution in [2.75, 3.05) is 13.2 Å². The van der Waals surface area contributed by atoms with Crippen molar-refractivity contribution in [1.29, 1.82) is 0 Å². The largest absolute Gasteiger partial charge is 0.463 e. The van der Waals surface area contributed by atoms with Crippen molar-refractivity contribution >= 4 is 23.8 Å². The molecule has 10 heteroatoms. The monoisotopic (exact) mass is 487 g/mol. The molecule has 0 unspecified atom stereocenters. The zero-order valence-electron chi connectivity index (χ0n) is 21.1. The number of hydrogen-bond donors (Lipinski definition) is 1. The lowest BCUT2D eigenvalue weighted by atomic mass is 9.96. The van der Waals surface area contributed by atoms with Crippen LogP contribution in [0, 0.1) is 0 Å². The van der Waals surface area contributed by atoms with Crippen molar-refractivity contribution in [3.8, 4) is 0 Å². The van der Waals surface area contributed by atoms with Crippen molar-refractivity contribution in [2.24, 2.45) is 0 Å². The smallest absolute Gasteiger partial charge is 0.303 e. The molecule has 0 aromatic heterocycles. The number of unbranched alkanes of at least 4 members (excludes halogenated alkanes) is 7. The second-order valence-corrected chi connectivity index (χ2v) is 8.57. The zero-order chi connectivity index (χ0) is 25.5. The van der Waals surface area contributed by atoms with Gasteiger partial charge in [-0.05, 0) is 6.42 Å². The lowest BCUT2D eigenvalue weighted by molar-refractivity contribution is -0.277. The third-order valence-electron chi connectivity index (χ3n) is 5.35. The summed E-state index contributed by atoms with van der Waals surface area (Å²) in [4.78, 5) is 46.8. The van der Waals surface area contributed by atoms with Crippen molar-refractivity contribution in [1.82, 2.24) is 5.32 Å². The second-order valence-electron chi connectivity index (χ2n) is 8.57. The van der Waals surface area contributed by atoms with Crippen LogP contribution >= 0.6 is 0 Å². The molecule has 1 aliphatic heterocycles. The van der Waals surface area contributed by atoms with E-state index < -0.39 is 54.5 Å². The molecule has 1 saturated heterocycles. The summed E-state index contributed by atoms with van der Waals surface area (Å²) in [5.41, 5.74) is 0. The molecule has 1 rings (SSSR count). The fourth-order valence-electron chi connectivity index (χ4n) is 3.87. The Morgan fingerprint density at radius 2 is 1.32 bits per heavy atom. The third kappa shape index (κ3) is 11.8. The summed E-state index contributed by atoms with van der Waals surface area (Å²) >= 11 is 0. The maximum absolute atomic E-state index is 11.9. The minimum absolute atomic E-state index is 0.241. The van der Waals surface area contributed by atoms with E-state index in [4.69, 9.17) is 23.7 Å². The Morgan fingerprint density at radius 1 is 0.765 bits per heavy atom. The minimum Gasteiger partial charge on any atom is -0.463 e. The van der Waals surface area contributed by atoms with Gasteiger partial charge in [0.15, 0.2) is 18.5 Å². The summed E-state index contributed by atoms with van der Waals surface area (Å²) in [6.07, 6.45) is 4.88. The first-order valence-electron chi connectivity index (χ1n) is 12.2. The van der Waals surface area contributed by atoms with Crippen LogP contribution in [-0.4, -0.2) is 67.7 Å². The van der Waals surface area contributed by atoms with E-state index in [0.29, 0.717) is 6.61 Å². The lowest BCUT2D eigenvalue weighted by Crippen LogP contribution is -2.66. The van der Waals surface area contributed by atoms with Crippen LogP contribution in [0.3, 0.4) is 0 Å². The average Bonchev–Trinajstić information content (AvgIpc) is 2.74. The van der Waals surface area contributed by atoms with Crippen LogP contribution in [0.15, 0.2) is 0 Å². The number of hydrogen-bond acceptors (Lipinski definition) is 9. The first-order valence-corrected chi connectivity index (χ1v) is 12.2. The van der Waals surface area contributed by atoms with Gasteiger partial charge in [-0.15, -0.1) is 0 Å². The van der Waals surface area contributed by atoms with E-state index in [9.17, 15) is 19.2 Å². The zero-order valence-corrected chi connectivity index (χ0v) is 21.1. The van der Waals surface area contributed by atoms with Crippen LogP contribution < -0.4 is 5.32 Å². The number of amides is 1. The fraction of sp³-hybridized carbons (Fsp3) is 0.833. The Hall–Kier alpha value is -2.20. The standard InChI is InChI=1S/C24H41NO9/c1-6-7-8-9-10-11-12-13-14-30-24-21(25-16(2)26)23(33-19(5)29)22(32-18(4)28)20(34-24)15-31-17(3)27/h20-24H,6-15H2,1-5H3,(H,25,26)/t20-,21+,22+,23-,24+/m0/s1. The molecule has 1 aliphatic rings. The van der Waals surface area contributed by atoms with Crippen molar-refractivity contribution < 1.29 is 42.9 Å². The highest BCUT2D eigenvalue weighted by Gasteiger charge is 2.51. The molecule has 1 fully saturated rings. The van der Waals surface area contributed by atoms with Gasteiger partial charge in [-0.1, -0.05) is 51.9 Å². The summed E-state index contributed by atoms with van der Waals surface area (Å²) in [6, 6.07) is -0.923. The number of carbonyl (C=O) groups excluding carboxylic acids is 4. The van der Waals surface area contributed by atoms with E-state index in [-0.39, 0.29) is 6.61 Å². The Kier molecular flexibility index (Phi) is 14.4. The molecule has 5 atom stereocenters. The van der Waals surface area contributed by atoms with Gasteiger partial charge in [-0.3, -0.25) is 19.2 Å². The molecule has 0 spiro atoms. The molecule has 1 amide bonds. The number of esters is 3. The highest BCUT2D eigenvalue weighted by molar-refractivity contribution is 5.73. The van der Waals surface area contributed by atoms with Crippen LogP contribution in [0.25, 0.3) is 0 Å². The predicted octanol–water partition coefficient (Wildman–Crippen LogP) is 2.80. The molecule has 1 N–H and O–H groups in total. The molecule has 0 radical (unpaired) electrons. The normalized spacial score (nSPS) is 24.2. The van der Waals surface area contributed by atoms with Crippen LogP contribution in [0.1, 0.15) is 86.0 Å². The summed E-state index contributed by atoms with van der Waals surface area (Å²) in [6.45, 7) is 7.27. The van der Waals surface area contributed by atoms with Gasteiger partial charge in [0.2, 0.25) is 5.91 Å². The number of ether oxygens (including phenoxy) is 5. The van der Waals surface area contributed by atoms with E-state index >= 15 is 0 Å². The Labute approximate surface area is 202 Å². The number of carbonyl (C=O) groups is 4. The van der Waals surface area contributed by atoms with E-state index in [1.165, 1.54) is 59.8 Å². The minimum atomic E-state index is -1.11. The quantitative estimate of drug-likeness (QED) is 0.211. The highest BCUT2D eigenvalue weighted by atomic mass is 16.7. The first kappa shape index (κ1) is 29.8. The maximum atomic E-state index is 11.9. The van der Waals surface area contributed by atoms with Gasteiger partial charge in [-0.25, -0.2) is 0 Å². The van der Waals surface area contributed by atoms with Crippen molar-refractivity contribution in [2.45, 2.75) is 117 Å². The summed E-state index contributed by atoms with van der Waals surface area (Å²) < 4.78 is 27.8. The third-order valence-corrected chi connectivity index (χ3v) is 5.35. The molecule has 0 bridgehead atoms. The topological polar surface area (TPSA) is 126 Å². The van der Waals surface area contributed by atoms with Crippen LogP contribution in [0.2, 0.25) is 0 Å². The maximum Gasteiger partial charge on any atom is 0.303 e. The first-order chi connectivity index (χ1) is 16.1. The number of nitrogens with one attached hydrogen (secondary N) is 1. The molecule has 0 aromatic carbocycles. The van der Waals surface area contributed by atoms with Crippen LogP contribution in [-0.2, 0) is 42.9 Å². The van der Waals surface area contributed by atoms with Crippen molar-refractivity contribution in [3.63, 3.8) is 0 Å². The average molecular weight is 488 g/mol. The highest BCUT2D eigenvalue weighted by Crippen LogP contribution is 2.28. The molecule has 196 valence electrons. The Balaban J connectivity index is 2.89. The van der Waals surface area contributed by atoms with E-state index in [0.717, 1.165) is 19.3 Å². The molecular weight excluding hydrogens is 446 g/mol. The van der Waals surface area contributed by atoms with Gasteiger partial charge < -0.3 is 29.0 Å². The molecule has 34 heavy (non-hydrogen) atoms. The van der Waals surface area contributed by atoms with E-state index in [2.05, 4.69) is 12.2 Å². The number of rotatable bonds is 15. The molecule has 1 heterocycles. The van der Waals surface area contributed by atoms with Gasteiger partial charge >= 0.3 is 17.9 Å². The van der Waals surface area contributed by atoms with Gasteiger partial charge in [-0.2, -0.15) is 0 Å². The molecule has 0 saturated carbocycles. The molecule has 0 aliphatic carbocycles. The molecular formula is C24H41NO9. The van der Waals surface area contributed by atoms with Gasteiger partial charge in [0.25, 0.3) is 0 Å². The van der Waals surface area contributed by atoms with Gasteiger partial charge in [0, 0.05) is 34.3 Å². The molecule has 0 aromatic rings. The van der Waals surface area contributed by atoms with Gasteiger partial charge in [0.1, 0.15) is 18.8 Å². The Morgan fingerprint density at radius 3 is 1.85 bits per heavy atom. The van der Waals surface area contributed by atoms with E-state index in [1.54, 1.807) is 0 Å². The van der Waals surface area contributed by atoms with Crippen LogP contribution in [0.4, 0.5) is 0 Å². The second kappa shape index (κ2) is 16.4. The van der Waals surface area contributed by atoms with E-state index in [1.807, 2.05) is 0 Å². The van der Waals surface area contributed by atoms with Crippen molar-refractivity contribution in [3.05, 3.63) is 0 Å². The summed E-state index contributed by atoms with van der Waals surface area (Å²) in [5.74, 6) is -2.22. The molecule has 10 nitrogen and oxygen atoms in total. The lowest BCUT2D eigenvalue weighted by Gasteiger charge is -2.44. The summed E-state index contributed by atoms with van der Waals surface area (Å²) in [5, 5.41) is 2.69. The van der Waals surface area contributed by atoms with Gasteiger partial charge in [0.05, 0.1) is 0 Å². The SMILES string of the molecule is CCCCCCCCCCO[C@@H]1O[C@@H](COC(C)=O)[C@@H](OC(C)=O)[C@@H](OC(C)=O)[C@H]1NC(C)=O. The fourth-order valence-corrected chi connectivity index (χ4v) is 3.87. The predicted molar refractivity (Wildman–Crippen MR) is 123 cm³/mol. The van der Waals surface area contributed by atoms with Crippen LogP contribution in [0.5, 0.6) is 0 Å².